The number of halogens is 3. The minimum Gasteiger partial charge on any atom is -0.325 e. The third-order valence-corrected chi connectivity index (χ3v) is 3.91. The zero-order valence-corrected chi connectivity index (χ0v) is 10.3. The lowest BCUT2D eigenvalue weighted by Gasteiger charge is -2.40. The van der Waals surface area contributed by atoms with E-state index in [0.29, 0.717) is 0 Å². The van der Waals surface area contributed by atoms with Crippen molar-refractivity contribution in [3.63, 3.8) is 0 Å². The third-order valence-electron chi connectivity index (χ3n) is 3.91. The average molecular weight is 238 g/mol. The summed E-state index contributed by atoms with van der Waals surface area (Å²) in [5.41, 5.74) is 3.41. The Morgan fingerprint density at radius 2 is 1.56 bits per heavy atom. The van der Waals surface area contributed by atoms with Crippen molar-refractivity contribution in [1.82, 2.24) is 5.32 Å². The first-order valence-corrected chi connectivity index (χ1v) is 5.52. The maximum absolute atomic E-state index is 12.7. The van der Waals surface area contributed by atoms with Gasteiger partial charge in [-0.05, 0) is 32.1 Å². The molecule has 0 aromatic carbocycles. The van der Waals surface area contributed by atoms with E-state index in [1.54, 1.807) is 0 Å². The highest BCUT2D eigenvalue weighted by Crippen LogP contribution is 2.49. The normalized spacial score (nSPS) is 21.0. The maximum Gasteiger partial charge on any atom is 0.406 e. The van der Waals surface area contributed by atoms with Crippen LogP contribution in [-0.2, 0) is 0 Å². The standard InChI is InChI=1S/C11H21F3N2/c1-8(2,9(3,4)15)7-16-10(5-6-10)11(12,13)14/h16H,5-7,15H2,1-4H3. The lowest BCUT2D eigenvalue weighted by atomic mass is 9.75. The van der Waals surface area contributed by atoms with Crippen molar-refractivity contribution in [3.8, 4) is 0 Å². The van der Waals surface area contributed by atoms with Gasteiger partial charge in [-0.15, -0.1) is 0 Å². The maximum atomic E-state index is 12.7. The van der Waals surface area contributed by atoms with Crippen LogP contribution in [0, 0.1) is 5.41 Å². The summed E-state index contributed by atoms with van der Waals surface area (Å²) in [4.78, 5) is 0. The molecule has 0 aromatic rings. The molecule has 0 radical (unpaired) electrons. The minimum absolute atomic E-state index is 0.178. The Labute approximate surface area is 94.8 Å². The van der Waals surface area contributed by atoms with Crippen LogP contribution in [0.5, 0.6) is 0 Å². The van der Waals surface area contributed by atoms with Crippen LogP contribution in [0.15, 0.2) is 0 Å². The van der Waals surface area contributed by atoms with E-state index in [9.17, 15) is 13.2 Å². The molecular weight excluding hydrogens is 217 g/mol. The lowest BCUT2D eigenvalue weighted by Crippen LogP contribution is -2.56. The van der Waals surface area contributed by atoms with Crippen LogP contribution in [0.25, 0.3) is 0 Å². The fraction of sp³-hybridized carbons (Fsp3) is 1.00. The Balaban J connectivity index is 2.60. The highest BCUT2D eigenvalue weighted by molar-refractivity contribution is 5.09. The molecule has 16 heavy (non-hydrogen) atoms. The van der Waals surface area contributed by atoms with E-state index < -0.39 is 17.3 Å². The molecule has 0 atom stereocenters. The zero-order chi connectivity index (χ0) is 12.8. The van der Waals surface area contributed by atoms with Gasteiger partial charge in [0.05, 0.1) is 0 Å². The summed E-state index contributed by atoms with van der Waals surface area (Å²) >= 11 is 0. The summed E-state index contributed by atoms with van der Waals surface area (Å²) in [6, 6.07) is 0. The number of hydrogen-bond donors (Lipinski definition) is 2. The van der Waals surface area contributed by atoms with Crippen LogP contribution in [0.3, 0.4) is 0 Å². The Bertz CT molecular complexity index is 243. The molecule has 0 saturated heterocycles. The fourth-order valence-corrected chi connectivity index (χ4v) is 1.30. The van der Waals surface area contributed by atoms with Crippen molar-refractivity contribution in [3.05, 3.63) is 0 Å². The van der Waals surface area contributed by atoms with Gasteiger partial charge >= 0.3 is 6.18 Å². The van der Waals surface area contributed by atoms with Crippen LogP contribution in [0.4, 0.5) is 13.2 Å². The molecule has 1 aliphatic rings. The molecule has 2 nitrogen and oxygen atoms in total. The van der Waals surface area contributed by atoms with Gasteiger partial charge in [-0.3, -0.25) is 0 Å². The minimum atomic E-state index is -4.15. The van der Waals surface area contributed by atoms with Crippen LogP contribution >= 0.6 is 0 Å². The number of nitrogens with two attached hydrogens (primary N) is 1. The van der Waals surface area contributed by atoms with Crippen LogP contribution in [0.2, 0.25) is 0 Å². The van der Waals surface area contributed by atoms with Gasteiger partial charge in [0.25, 0.3) is 0 Å². The van der Waals surface area contributed by atoms with E-state index in [1.807, 2.05) is 27.7 Å². The summed E-state index contributed by atoms with van der Waals surface area (Å²) < 4.78 is 38.0. The molecule has 0 heterocycles. The Morgan fingerprint density at radius 3 is 1.81 bits per heavy atom. The predicted octanol–water partition coefficient (Wildman–Crippen LogP) is 2.43. The van der Waals surface area contributed by atoms with Crippen molar-refractivity contribution in [2.45, 2.75) is 57.8 Å². The van der Waals surface area contributed by atoms with Gasteiger partial charge in [0.1, 0.15) is 5.54 Å². The molecular formula is C11H21F3N2. The summed E-state index contributed by atoms with van der Waals surface area (Å²) in [6.45, 7) is 7.71. The first kappa shape index (κ1) is 13.8. The largest absolute Gasteiger partial charge is 0.406 e. The average Bonchev–Trinajstić information content (AvgIpc) is 2.77. The van der Waals surface area contributed by atoms with Crippen LogP contribution < -0.4 is 11.1 Å². The van der Waals surface area contributed by atoms with Crippen LogP contribution in [0.1, 0.15) is 40.5 Å². The first-order valence-electron chi connectivity index (χ1n) is 5.52. The van der Waals surface area contributed by atoms with E-state index >= 15 is 0 Å². The molecule has 1 saturated carbocycles. The van der Waals surface area contributed by atoms with Crippen molar-refractivity contribution >= 4 is 0 Å². The molecule has 96 valence electrons. The third kappa shape index (κ3) is 2.51. The Kier molecular flexibility index (Phi) is 3.10. The van der Waals surface area contributed by atoms with Gasteiger partial charge in [0.2, 0.25) is 0 Å². The highest BCUT2D eigenvalue weighted by Gasteiger charge is 2.63. The van der Waals surface area contributed by atoms with E-state index in [2.05, 4.69) is 5.32 Å². The Morgan fingerprint density at radius 1 is 1.12 bits per heavy atom. The molecule has 1 fully saturated rings. The smallest absolute Gasteiger partial charge is 0.325 e. The molecule has 0 amide bonds. The molecule has 3 N–H and O–H groups in total. The van der Waals surface area contributed by atoms with E-state index in [0.717, 1.165) is 0 Å². The predicted molar refractivity (Wildman–Crippen MR) is 58.1 cm³/mol. The SMILES string of the molecule is CC(C)(N)C(C)(C)CNC1(C(F)(F)F)CC1. The number of rotatable bonds is 4. The van der Waals surface area contributed by atoms with E-state index in [-0.39, 0.29) is 24.8 Å². The van der Waals surface area contributed by atoms with Gasteiger partial charge in [0, 0.05) is 12.1 Å². The van der Waals surface area contributed by atoms with Crippen LogP contribution in [-0.4, -0.2) is 23.8 Å². The van der Waals surface area contributed by atoms with Crippen molar-refractivity contribution in [2.24, 2.45) is 11.1 Å². The van der Waals surface area contributed by atoms with Crippen molar-refractivity contribution < 1.29 is 13.2 Å². The molecule has 1 rings (SSSR count). The molecule has 0 bridgehead atoms. The lowest BCUT2D eigenvalue weighted by molar-refractivity contribution is -0.167. The molecule has 0 aromatic heterocycles. The van der Waals surface area contributed by atoms with Gasteiger partial charge in [-0.1, -0.05) is 13.8 Å². The number of alkyl halides is 3. The first-order chi connectivity index (χ1) is 6.91. The number of nitrogens with one attached hydrogen (secondary N) is 1. The zero-order valence-electron chi connectivity index (χ0n) is 10.3. The molecule has 0 aliphatic heterocycles. The summed E-state index contributed by atoms with van der Waals surface area (Å²) in [7, 11) is 0. The van der Waals surface area contributed by atoms with Crippen molar-refractivity contribution in [2.75, 3.05) is 6.54 Å². The second kappa shape index (κ2) is 3.60. The second-order valence-corrected chi connectivity index (χ2v) is 6.04. The summed E-state index contributed by atoms with van der Waals surface area (Å²) in [6.07, 6.45) is -3.79. The second-order valence-electron chi connectivity index (χ2n) is 6.04. The van der Waals surface area contributed by atoms with E-state index in [4.69, 9.17) is 5.73 Å². The highest BCUT2D eigenvalue weighted by atomic mass is 19.4. The van der Waals surface area contributed by atoms with Gasteiger partial charge < -0.3 is 11.1 Å². The molecule has 0 unspecified atom stereocenters. The molecule has 1 aliphatic carbocycles. The van der Waals surface area contributed by atoms with Crippen molar-refractivity contribution in [1.29, 1.82) is 0 Å². The van der Waals surface area contributed by atoms with Gasteiger partial charge in [-0.2, -0.15) is 13.2 Å². The van der Waals surface area contributed by atoms with E-state index in [1.165, 1.54) is 0 Å². The summed E-state index contributed by atoms with van der Waals surface area (Å²) in [5.74, 6) is 0. The molecule has 5 heteroatoms. The monoisotopic (exact) mass is 238 g/mol. The molecule has 0 spiro atoms. The number of hydrogen-bond acceptors (Lipinski definition) is 2. The fourth-order valence-electron chi connectivity index (χ4n) is 1.30. The van der Waals surface area contributed by atoms with Gasteiger partial charge in [-0.25, -0.2) is 0 Å². The quantitative estimate of drug-likeness (QED) is 0.789. The Hall–Kier alpha value is -0.290. The summed E-state index contributed by atoms with van der Waals surface area (Å²) in [5, 5.41) is 2.65. The van der Waals surface area contributed by atoms with Gasteiger partial charge in [0.15, 0.2) is 0 Å². The topological polar surface area (TPSA) is 38.0 Å².